The van der Waals surface area contributed by atoms with Gasteiger partial charge in [-0.1, -0.05) is 18.2 Å². The standard InChI is InChI=1S/C12H16O2/c1-9(13)3-4-11-5-7-12(8-6-11)10(2)14/h5,7-8,11H,3-4,6H2,1-2H3. The molecule has 1 aliphatic rings. The molecule has 0 aromatic carbocycles. The second-order valence-electron chi connectivity index (χ2n) is 3.81. The molecule has 2 heteroatoms. The van der Waals surface area contributed by atoms with E-state index in [4.69, 9.17) is 0 Å². The number of Topliss-reactive ketones (excluding diaryl/α,β-unsaturated/α-hetero) is 2. The van der Waals surface area contributed by atoms with E-state index in [1.54, 1.807) is 13.8 Å². The number of carbonyl (C=O) groups excluding carboxylic acids is 2. The molecule has 2 nitrogen and oxygen atoms in total. The monoisotopic (exact) mass is 192 g/mol. The highest BCUT2D eigenvalue weighted by atomic mass is 16.1. The summed E-state index contributed by atoms with van der Waals surface area (Å²) in [4.78, 5) is 21.8. The lowest BCUT2D eigenvalue weighted by Crippen LogP contribution is -2.05. The maximum atomic E-state index is 11.0. The fourth-order valence-electron chi connectivity index (χ4n) is 1.53. The molecule has 0 saturated heterocycles. The predicted molar refractivity (Wildman–Crippen MR) is 55.9 cm³/mol. The zero-order valence-corrected chi connectivity index (χ0v) is 8.75. The van der Waals surface area contributed by atoms with Crippen LogP contribution in [0.15, 0.2) is 23.8 Å². The zero-order chi connectivity index (χ0) is 10.6. The van der Waals surface area contributed by atoms with Crippen molar-refractivity contribution in [3.8, 4) is 0 Å². The Bertz CT molecular complexity index is 297. The zero-order valence-electron chi connectivity index (χ0n) is 8.75. The molecular formula is C12H16O2. The predicted octanol–water partition coefficient (Wildman–Crippen LogP) is 2.45. The summed E-state index contributed by atoms with van der Waals surface area (Å²) in [5.41, 5.74) is 0.795. The van der Waals surface area contributed by atoms with E-state index in [-0.39, 0.29) is 11.6 Å². The molecule has 1 atom stereocenters. The van der Waals surface area contributed by atoms with E-state index < -0.39 is 0 Å². The Balaban J connectivity index is 2.41. The van der Waals surface area contributed by atoms with E-state index >= 15 is 0 Å². The maximum absolute atomic E-state index is 11.0. The lowest BCUT2D eigenvalue weighted by molar-refractivity contribution is -0.117. The summed E-state index contributed by atoms with van der Waals surface area (Å²) in [5.74, 6) is 0.785. The molecule has 1 rings (SSSR count). The molecule has 0 radical (unpaired) electrons. The van der Waals surface area contributed by atoms with Gasteiger partial charge in [-0.2, -0.15) is 0 Å². The van der Waals surface area contributed by atoms with Crippen LogP contribution in [0, 0.1) is 5.92 Å². The topological polar surface area (TPSA) is 34.1 Å². The smallest absolute Gasteiger partial charge is 0.159 e. The van der Waals surface area contributed by atoms with Gasteiger partial charge in [0, 0.05) is 12.0 Å². The SMILES string of the molecule is CC(=O)CCC1C=CC(C(C)=O)=CC1. The first-order valence-corrected chi connectivity index (χ1v) is 4.98. The van der Waals surface area contributed by atoms with Crippen molar-refractivity contribution in [1.82, 2.24) is 0 Å². The molecular weight excluding hydrogens is 176 g/mol. The highest BCUT2D eigenvalue weighted by Crippen LogP contribution is 2.21. The van der Waals surface area contributed by atoms with Crippen molar-refractivity contribution in [2.75, 3.05) is 0 Å². The van der Waals surface area contributed by atoms with Crippen molar-refractivity contribution >= 4 is 11.6 Å². The van der Waals surface area contributed by atoms with Gasteiger partial charge in [0.15, 0.2) is 5.78 Å². The van der Waals surface area contributed by atoms with E-state index in [9.17, 15) is 9.59 Å². The fourth-order valence-corrected chi connectivity index (χ4v) is 1.53. The summed E-state index contributed by atoms with van der Waals surface area (Å²) >= 11 is 0. The van der Waals surface area contributed by atoms with Crippen LogP contribution in [0.5, 0.6) is 0 Å². The highest BCUT2D eigenvalue weighted by Gasteiger charge is 2.11. The Hall–Kier alpha value is -1.18. The average Bonchev–Trinajstić information content (AvgIpc) is 2.15. The van der Waals surface area contributed by atoms with Crippen LogP contribution in [0.3, 0.4) is 0 Å². The van der Waals surface area contributed by atoms with Gasteiger partial charge in [0.25, 0.3) is 0 Å². The lowest BCUT2D eigenvalue weighted by Gasteiger charge is -2.13. The number of ketones is 2. The minimum absolute atomic E-state index is 0.117. The summed E-state index contributed by atoms with van der Waals surface area (Å²) in [5, 5.41) is 0. The molecule has 0 N–H and O–H groups in total. The molecule has 14 heavy (non-hydrogen) atoms. The molecule has 0 heterocycles. The minimum Gasteiger partial charge on any atom is -0.300 e. The fraction of sp³-hybridized carbons (Fsp3) is 0.500. The summed E-state index contributed by atoms with van der Waals surface area (Å²) in [7, 11) is 0. The molecule has 76 valence electrons. The molecule has 0 aromatic heterocycles. The third kappa shape index (κ3) is 3.29. The van der Waals surface area contributed by atoms with Crippen LogP contribution in [0.4, 0.5) is 0 Å². The molecule has 0 saturated carbocycles. The summed E-state index contributed by atoms with van der Waals surface area (Å²) in [6, 6.07) is 0. The quantitative estimate of drug-likeness (QED) is 0.685. The normalized spacial score (nSPS) is 20.4. The Morgan fingerprint density at radius 3 is 2.57 bits per heavy atom. The van der Waals surface area contributed by atoms with Gasteiger partial charge in [0.1, 0.15) is 5.78 Å². The molecule has 0 bridgehead atoms. The summed E-state index contributed by atoms with van der Waals surface area (Å²) in [6.45, 7) is 3.19. The van der Waals surface area contributed by atoms with E-state index in [0.29, 0.717) is 12.3 Å². The third-order valence-corrected chi connectivity index (χ3v) is 2.46. The van der Waals surface area contributed by atoms with E-state index in [1.807, 2.05) is 18.2 Å². The van der Waals surface area contributed by atoms with Crippen molar-refractivity contribution in [2.45, 2.75) is 33.1 Å². The van der Waals surface area contributed by atoms with Gasteiger partial charge in [-0.05, 0) is 32.6 Å². The van der Waals surface area contributed by atoms with Crippen molar-refractivity contribution in [3.05, 3.63) is 23.8 Å². The molecule has 0 aliphatic heterocycles. The van der Waals surface area contributed by atoms with E-state index in [1.165, 1.54) is 0 Å². The summed E-state index contributed by atoms with van der Waals surface area (Å²) in [6.07, 6.45) is 8.30. The van der Waals surface area contributed by atoms with Crippen LogP contribution in [0.1, 0.15) is 33.1 Å². The number of allylic oxidation sites excluding steroid dienone is 4. The van der Waals surface area contributed by atoms with Gasteiger partial charge in [-0.15, -0.1) is 0 Å². The van der Waals surface area contributed by atoms with Crippen molar-refractivity contribution in [1.29, 1.82) is 0 Å². The second kappa shape index (κ2) is 4.89. The van der Waals surface area contributed by atoms with Crippen LogP contribution in [0.25, 0.3) is 0 Å². The maximum Gasteiger partial charge on any atom is 0.159 e. The second-order valence-corrected chi connectivity index (χ2v) is 3.81. The van der Waals surface area contributed by atoms with Crippen molar-refractivity contribution in [3.63, 3.8) is 0 Å². The van der Waals surface area contributed by atoms with Crippen LogP contribution in [-0.2, 0) is 9.59 Å². The van der Waals surface area contributed by atoms with Gasteiger partial charge in [-0.3, -0.25) is 4.79 Å². The van der Waals surface area contributed by atoms with Gasteiger partial charge in [0.05, 0.1) is 0 Å². The Labute approximate surface area is 84.7 Å². The van der Waals surface area contributed by atoms with Crippen molar-refractivity contribution in [2.24, 2.45) is 5.92 Å². The van der Waals surface area contributed by atoms with Crippen LogP contribution in [-0.4, -0.2) is 11.6 Å². The molecule has 1 aliphatic carbocycles. The highest BCUT2D eigenvalue weighted by molar-refractivity contribution is 5.96. The Morgan fingerprint density at radius 2 is 2.14 bits per heavy atom. The molecule has 1 unspecified atom stereocenters. The first-order chi connectivity index (χ1) is 6.59. The lowest BCUT2D eigenvalue weighted by atomic mass is 9.91. The first kappa shape index (κ1) is 10.9. The molecule has 0 fully saturated rings. The Morgan fingerprint density at radius 1 is 1.43 bits per heavy atom. The van der Waals surface area contributed by atoms with E-state index in [2.05, 4.69) is 0 Å². The van der Waals surface area contributed by atoms with Crippen LogP contribution < -0.4 is 0 Å². The average molecular weight is 192 g/mol. The van der Waals surface area contributed by atoms with Crippen LogP contribution >= 0.6 is 0 Å². The van der Waals surface area contributed by atoms with E-state index in [0.717, 1.165) is 18.4 Å². The number of hydrogen-bond acceptors (Lipinski definition) is 2. The molecule has 0 amide bonds. The number of rotatable bonds is 4. The Kier molecular flexibility index (Phi) is 3.81. The minimum atomic E-state index is 0.117. The third-order valence-electron chi connectivity index (χ3n) is 2.46. The van der Waals surface area contributed by atoms with Gasteiger partial charge in [-0.25, -0.2) is 0 Å². The largest absolute Gasteiger partial charge is 0.300 e. The molecule has 0 aromatic rings. The summed E-state index contributed by atoms with van der Waals surface area (Å²) < 4.78 is 0. The van der Waals surface area contributed by atoms with Gasteiger partial charge >= 0.3 is 0 Å². The number of hydrogen-bond donors (Lipinski definition) is 0. The molecule has 0 spiro atoms. The van der Waals surface area contributed by atoms with Gasteiger partial charge < -0.3 is 4.79 Å². The van der Waals surface area contributed by atoms with Gasteiger partial charge in [0.2, 0.25) is 0 Å². The van der Waals surface area contributed by atoms with Crippen LogP contribution in [0.2, 0.25) is 0 Å². The number of carbonyl (C=O) groups is 2. The van der Waals surface area contributed by atoms with Crippen molar-refractivity contribution < 1.29 is 9.59 Å². The first-order valence-electron chi connectivity index (χ1n) is 4.98.